The third kappa shape index (κ3) is 3.56. The van der Waals surface area contributed by atoms with E-state index in [-0.39, 0.29) is 17.1 Å². The van der Waals surface area contributed by atoms with Gasteiger partial charge in [-0.3, -0.25) is 9.59 Å². The van der Waals surface area contributed by atoms with Crippen LogP contribution < -0.4 is 10.2 Å². The number of fused-ring (bicyclic) bond motifs is 4. The van der Waals surface area contributed by atoms with Crippen LogP contribution in [0.5, 0.6) is 5.75 Å². The third-order valence-corrected chi connectivity index (χ3v) is 6.27. The summed E-state index contributed by atoms with van der Waals surface area (Å²) in [5, 5.41) is 2.28. The lowest BCUT2D eigenvalue weighted by atomic mass is 9.97. The van der Waals surface area contributed by atoms with E-state index in [2.05, 4.69) is 4.90 Å². The summed E-state index contributed by atoms with van der Waals surface area (Å²) in [4.78, 5) is 31.2. The van der Waals surface area contributed by atoms with E-state index in [0.717, 1.165) is 29.3 Å². The maximum absolute atomic E-state index is 13.8. The first-order valence-electron chi connectivity index (χ1n) is 11.1. The Kier molecular flexibility index (Phi) is 5.38. The minimum Gasteiger partial charge on any atom is -0.497 e. The molecule has 6 heteroatoms. The van der Waals surface area contributed by atoms with Gasteiger partial charge in [0.2, 0.25) is 5.76 Å². The van der Waals surface area contributed by atoms with Crippen LogP contribution in [-0.2, 0) is 0 Å². The van der Waals surface area contributed by atoms with Crippen molar-refractivity contribution in [2.45, 2.75) is 12.5 Å². The fraction of sp³-hybridized carbons (Fsp3) is 0.259. The largest absolute Gasteiger partial charge is 0.497 e. The molecule has 0 radical (unpaired) electrons. The van der Waals surface area contributed by atoms with E-state index in [0.29, 0.717) is 28.8 Å². The first-order chi connectivity index (χ1) is 16.0. The first kappa shape index (κ1) is 21.2. The summed E-state index contributed by atoms with van der Waals surface area (Å²) in [6.07, 6.45) is 0.782. The number of hydrogen-bond acceptors (Lipinski definition) is 5. The Labute approximate surface area is 192 Å². The van der Waals surface area contributed by atoms with Crippen molar-refractivity contribution >= 4 is 27.6 Å². The van der Waals surface area contributed by atoms with Crippen molar-refractivity contribution in [2.75, 3.05) is 34.3 Å². The standard InChI is InChI=1S/C27H26N2O4/c1-28(2)14-7-15-29-23(18-9-6-10-19(16-18)32-3)22-24(30)21-13-12-17-8-4-5-11-20(17)25(21)33-26(22)27(29)31/h4-6,8-13,16,23H,7,14-15H2,1-3H3. The smallest absolute Gasteiger partial charge is 0.290 e. The van der Waals surface area contributed by atoms with Crippen LogP contribution in [0.1, 0.15) is 34.1 Å². The number of rotatable bonds is 6. The number of nitrogens with zero attached hydrogens (tertiary/aromatic N) is 2. The first-order valence-corrected chi connectivity index (χ1v) is 11.1. The molecule has 3 aromatic carbocycles. The number of carbonyl (C=O) groups excluding carboxylic acids is 1. The average molecular weight is 443 g/mol. The zero-order valence-corrected chi connectivity index (χ0v) is 19.0. The Morgan fingerprint density at radius 1 is 1.00 bits per heavy atom. The summed E-state index contributed by atoms with van der Waals surface area (Å²) in [6.45, 7) is 1.35. The van der Waals surface area contributed by atoms with Gasteiger partial charge in [0.15, 0.2) is 5.43 Å². The number of amides is 1. The molecule has 2 heterocycles. The van der Waals surface area contributed by atoms with E-state index >= 15 is 0 Å². The molecule has 1 aromatic heterocycles. The number of carbonyl (C=O) groups is 1. The lowest BCUT2D eigenvalue weighted by molar-refractivity contribution is 0.0722. The molecule has 5 rings (SSSR count). The van der Waals surface area contributed by atoms with Crippen LogP contribution in [0.3, 0.4) is 0 Å². The number of hydrogen-bond donors (Lipinski definition) is 0. The van der Waals surface area contributed by atoms with Crippen LogP contribution in [0.25, 0.3) is 21.7 Å². The lowest BCUT2D eigenvalue weighted by Gasteiger charge is -2.26. The normalized spacial score (nSPS) is 15.6. The van der Waals surface area contributed by atoms with Gasteiger partial charge >= 0.3 is 0 Å². The van der Waals surface area contributed by atoms with Crippen LogP contribution in [0.2, 0.25) is 0 Å². The summed E-state index contributed by atoms with van der Waals surface area (Å²) in [5.74, 6) is 0.572. The van der Waals surface area contributed by atoms with Crippen molar-refractivity contribution in [1.29, 1.82) is 0 Å². The predicted molar refractivity (Wildman–Crippen MR) is 129 cm³/mol. The van der Waals surface area contributed by atoms with Gasteiger partial charge in [-0.15, -0.1) is 0 Å². The van der Waals surface area contributed by atoms with Gasteiger partial charge in [-0.2, -0.15) is 0 Å². The highest BCUT2D eigenvalue weighted by Crippen LogP contribution is 2.40. The Balaban J connectivity index is 1.73. The second-order valence-corrected chi connectivity index (χ2v) is 8.67. The van der Waals surface area contributed by atoms with Crippen LogP contribution in [0, 0.1) is 0 Å². The Bertz CT molecular complexity index is 1420. The number of ether oxygens (including phenoxy) is 1. The lowest BCUT2D eigenvalue weighted by Crippen LogP contribution is -2.32. The average Bonchev–Trinajstić information content (AvgIpc) is 3.11. The zero-order chi connectivity index (χ0) is 23.1. The van der Waals surface area contributed by atoms with E-state index in [4.69, 9.17) is 9.15 Å². The van der Waals surface area contributed by atoms with E-state index in [1.807, 2.05) is 68.7 Å². The molecule has 1 unspecified atom stereocenters. The summed E-state index contributed by atoms with van der Waals surface area (Å²) in [6, 6.07) is 18.5. The Morgan fingerprint density at radius 3 is 2.61 bits per heavy atom. The molecule has 0 N–H and O–H groups in total. The van der Waals surface area contributed by atoms with Gasteiger partial charge < -0.3 is 19.0 Å². The van der Waals surface area contributed by atoms with Gasteiger partial charge in [-0.1, -0.05) is 42.5 Å². The van der Waals surface area contributed by atoms with Crippen LogP contribution in [0.4, 0.5) is 0 Å². The van der Waals surface area contributed by atoms with Crippen molar-refractivity contribution in [3.63, 3.8) is 0 Å². The Morgan fingerprint density at radius 2 is 1.82 bits per heavy atom. The van der Waals surface area contributed by atoms with Crippen LogP contribution >= 0.6 is 0 Å². The monoisotopic (exact) mass is 442 g/mol. The number of methoxy groups -OCH3 is 1. The molecule has 0 saturated heterocycles. The summed E-state index contributed by atoms with van der Waals surface area (Å²) < 4.78 is 11.7. The predicted octanol–water partition coefficient (Wildman–Crippen LogP) is 4.45. The molecule has 168 valence electrons. The van der Waals surface area contributed by atoms with Gasteiger partial charge in [-0.25, -0.2) is 0 Å². The van der Waals surface area contributed by atoms with E-state index in [1.54, 1.807) is 18.1 Å². The zero-order valence-electron chi connectivity index (χ0n) is 19.0. The van der Waals surface area contributed by atoms with Gasteiger partial charge in [0.25, 0.3) is 5.91 Å². The highest BCUT2D eigenvalue weighted by Gasteiger charge is 2.42. The maximum Gasteiger partial charge on any atom is 0.290 e. The second kappa shape index (κ2) is 8.37. The molecule has 0 bridgehead atoms. The third-order valence-electron chi connectivity index (χ3n) is 6.27. The number of benzene rings is 3. The SMILES string of the molecule is COc1cccc(C2c3c(oc4c(ccc5ccccc54)c3=O)C(=O)N2CCCN(C)C)c1. The second-order valence-electron chi connectivity index (χ2n) is 8.67. The molecule has 1 amide bonds. The van der Waals surface area contributed by atoms with Crippen molar-refractivity contribution in [3.8, 4) is 5.75 Å². The summed E-state index contributed by atoms with van der Waals surface area (Å²) in [7, 11) is 5.61. The van der Waals surface area contributed by atoms with Crippen LogP contribution in [-0.4, -0.2) is 50.0 Å². The topological polar surface area (TPSA) is 63.0 Å². The molecule has 0 fully saturated rings. The minimum atomic E-state index is -0.517. The fourth-order valence-corrected chi connectivity index (χ4v) is 4.69. The van der Waals surface area contributed by atoms with Crippen molar-refractivity contribution in [3.05, 3.63) is 87.8 Å². The van der Waals surface area contributed by atoms with Crippen molar-refractivity contribution in [2.24, 2.45) is 0 Å². The van der Waals surface area contributed by atoms with Gasteiger partial charge in [0.05, 0.1) is 24.1 Å². The Hall–Kier alpha value is -3.64. The van der Waals surface area contributed by atoms with Crippen molar-refractivity contribution in [1.82, 2.24) is 9.80 Å². The fourth-order valence-electron chi connectivity index (χ4n) is 4.69. The molecular weight excluding hydrogens is 416 g/mol. The highest BCUT2D eigenvalue weighted by atomic mass is 16.5. The molecule has 0 saturated carbocycles. The summed E-state index contributed by atoms with van der Waals surface area (Å²) in [5.41, 5.74) is 1.54. The molecule has 1 atom stereocenters. The van der Waals surface area contributed by atoms with E-state index < -0.39 is 6.04 Å². The highest BCUT2D eigenvalue weighted by molar-refractivity contribution is 6.06. The molecule has 1 aliphatic heterocycles. The maximum atomic E-state index is 13.8. The molecule has 33 heavy (non-hydrogen) atoms. The van der Waals surface area contributed by atoms with Crippen LogP contribution in [0.15, 0.2) is 69.9 Å². The van der Waals surface area contributed by atoms with Gasteiger partial charge in [0, 0.05) is 11.9 Å². The van der Waals surface area contributed by atoms with Gasteiger partial charge in [-0.05, 0) is 56.2 Å². The molecule has 1 aliphatic rings. The minimum absolute atomic E-state index is 0.140. The molecular formula is C27H26N2O4. The van der Waals surface area contributed by atoms with Crippen molar-refractivity contribution < 1.29 is 13.9 Å². The summed E-state index contributed by atoms with van der Waals surface area (Å²) >= 11 is 0. The molecule has 0 aliphatic carbocycles. The molecule has 6 nitrogen and oxygen atoms in total. The van der Waals surface area contributed by atoms with Gasteiger partial charge in [0.1, 0.15) is 11.3 Å². The van der Waals surface area contributed by atoms with E-state index in [1.165, 1.54) is 0 Å². The molecule has 0 spiro atoms. The quantitative estimate of drug-likeness (QED) is 0.413. The van der Waals surface area contributed by atoms with E-state index in [9.17, 15) is 9.59 Å². The molecule has 4 aromatic rings.